The molecule has 0 aliphatic carbocycles. The van der Waals surface area contributed by atoms with Gasteiger partial charge in [-0.3, -0.25) is 9.59 Å². The van der Waals surface area contributed by atoms with Gasteiger partial charge in [0.25, 0.3) is 5.91 Å². The monoisotopic (exact) mass is 337 g/mol. The van der Waals surface area contributed by atoms with E-state index in [0.29, 0.717) is 25.2 Å². The molecule has 3 heterocycles. The topological polar surface area (TPSA) is 54.3 Å². The molecule has 4 rings (SSSR count). The number of nitrogens with one attached hydrogen (secondary N) is 1. The van der Waals surface area contributed by atoms with Gasteiger partial charge in [0, 0.05) is 38.7 Å². The van der Waals surface area contributed by atoms with Crippen LogP contribution >= 0.6 is 0 Å². The number of hydrogen-bond donors (Lipinski definition) is 1. The molecular weight excluding hydrogens is 314 g/mol. The first-order valence-corrected chi connectivity index (χ1v) is 8.86. The Balaban J connectivity index is 1.52. The Morgan fingerprint density at radius 1 is 1.12 bits per heavy atom. The molecule has 5 heteroatoms. The fourth-order valence-corrected chi connectivity index (χ4v) is 4.35. The third-order valence-corrected chi connectivity index (χ3v) is 5.75. The quantitative estimate of drug-likeness (QED) is 0.914. The second kappa shape index (κ2) is 6.06. The molecule has 0 bridgehead atoms. The largest absolute Gasteiger partial charge is 0.350 e. The number of aryl methyl sites for hydroxylation is 1. The first-order chi connectivity index (χ1) is 12.1. The number of carbonyl (C=O) groups is 2. The third-order valence-electron chi connectivity index (χ3n) is 5.75. The molecule has 1 atom stereocenters. The fraction of sp³-hybridized carbons (Fsp3) is 0.400. The minimum absolute atomic E-state index is 0.0722. The summed E-state index contributed by atoms with van der Waals surface area (Å²) < 4.78 is 1.86. The van der Waals surface area contributed by atoms with Crippen molar-refractivity contribution < 1.29 is 9.59 Å². The predicted octanol–water partition coefficient (Wildman–Crippen LogP) is 2.30. The molecule has 0 saturated carbocycles. The van der Waals surface area contributed by atoms with Crippen LogP contribution in [0.1, 0.15) is 41.2 Å². The molecule has 1 N–H and O–H groups in total. The van der Waals surface area contributed by atoms with Crippen LogP contribution in [0.5, 0.6) is 0 Å². The van der Waals surface area contributed by atoms with Crippen LogP contribution in [0.25, 0.3) is 0 Å². The molecule has 2 aliphatic heterocycles. The molecule has 1 unspecified atom stereocenters. The predicted molar refractivity (Wildman–Crippen MR) is 95.2 cm³/mol. The minimum atomic E-state index is -0.219. The van der Waals surface area contributed by atoms with E-state index in [0.717, 1.165) is 12.8 Å². The van der Waals surface area contributed by atoms with Crippen LogP contribution < -0.4 is 5.32 Å². The summed E-state index contributed by atoms with van der Waals surface area (Å²) in [5.74, 6) is 0.382. The Hall–Kier alpha value is -2.56. The van der Waals surface area contributed by atoms with E-state index in [1.165, 1.54) is 5.56 Å². The Labute approximate surface area is 147 Å². The first kappa shape index (κ1) is 15.9. The average molecular weight is 337 g/mol. The Kier molecular flexibility index (Phi) is 3.86. The number of rotatable bonds is 2. The van der Waals surface area contributed by atoms with Crippen molar-refractivity contribution in [1.82, 2.24) is 14.8 Å². The van der Waals surface area contributed by atoms with Crippen molar-refractivity contribution in [2.24, 2.45) is 7.05 Å². The molecule has 0 radical (unpaired) electrons. The molecule has 5 nitrogen and oxygen atoms in total. The second-order valence-corrected chi connectivity index (χ2v) is 7.17. The molecule has 1 aromatic heterocycles. The molecule has 2 amide bonds. The van der Waals surface area contributed by atoms with Crippen LogP contribution in [0.15, 0.2) is 48.7 Å². The summed E-state index contributed by atoms with van der Waals surface area (Å²) in [6.07, 6.45) is 4.03. The van der Waals surface area contributed by atoms with Crippen molar-refractivity contribution in [2.45, 2.75) is 30.7 Å². The van der Waals surface area contributed by atoms with Gasteiger partial charge in [0.15, 0.2) is 0 Å². The van der Waals surface area contributed by atoms with Crippen LogP contribution in [0.4, 0.5) is 0 Å². The van der Waals surface area contributed by atoms with E-state index < -0.39 is 0 Å². The van der Waals surface area contributed by atoms with Gasteiger partial charge >= 0.3 is 0 Å². The summed E-state index contributed by atoms with van der Waals surface area (Å²) in [4.78, 5) is 26.8. The molecule has 25 heavy (non-hydrogen) atoms. The lowest BCUT2D eigenvalue weighted by atomic mass is 9.74. The highest BCUT2D eigenvalue weighted by Gasteiger charge is 2.49. The number of amides is 2. The van der Waals surface area contributed by atoms with Crippen molar-refractivity contribution >= 4 is 11.8 Å². The Bertz CT molecular complexity index is 788. The lowest BCUT2D eigenvalue weighted by Crippen LogP contribution is -2.54. The van der Waals surface area contributed by atoms with Crippen LogP contribution in [0, 0.1) is 0 Å². The molecule has 2 fully saturated rings. The molecule has 1 spiro atoms. The van der Waals surface area contributed by atoms with E-state index in [-0.39, 0.29) is 23.3 Å². The van der Waals surface area contributed by atoms with Crippen LogP contribution in [-0.2, 0) is 11.8 Å². The number of piperidine rings is 1. The molecule has 1 aromatic carbocycles. The summed E-state index contributed by atoms with van der Waals surface area (Å²) in [7, 11) is 1.89. The van der Waals surface area contributed by atoms with Crippen molar-refractivity contribution in [1.29, 1.82) is 0 Å². The number of carbonyl (C=O) groups excluding carboxylic acids is 2. The fourth-order valence-electron chi connectivity index (χ4n) is 4.35. The smallest absolute Gasteiger partial charge is 0.270 e. The first-order valence-electron chi connectivity index (χ1n) is 8.86. The van der Waals surface area contributed by atoms with Gasteiger partial charge in [0.05, 0.1) is 5.54 Å². The van der Waals surface area contributed by atoms with E-state index in [1.54, 1.807) is 0 Å². The summed E-state index contributed by atoms with van der Waals surface area (Å²) in [6, 6.07) is 14.0. The number of likely N-dealkylation sites (tertiary alicyclic amines) is 1. The lowest BCUT2D eigenvalue weighted by molar-refractivity contribution is -0.120. The Morgan fingerprint density at radius 2 is 1.84 bits per heavy atom. The van der Waals surface area contributed by atoms with Gasteiger partial charge in [-0.15, -0.1) is 0 Å². The normalized spacial score (nSPS) is 22.2. The lowest BCUT2D eigenvalue weighted by Gasteiger charge is -2.43. The van der Waals surface area contributed by atoms with Gasteiger partial charge in [0.1, 0.15) is 5.69 Å². The van der Waals surface area contributed by atoms with Crippen molar-refractivity contribution in [2.75, 3.05) is 13.1 Å². The van der Waals surface area contributed by atoms with E-state index in [2.05, 4.69) is 17.4 Å². The molecule has 2 aliphatic rings. The molecule has 2 saturated heterocycles. The highest BCUT2D eigenvalue weighted by Crippen LogP contribution is 2.43. The highest BCUT2D eigenvalue weighted by atomic mass is 16.2. The zero-order chi connectivity index (χ0) is 17.4. The minimum Gasteiger partial charge on any atom is -0.350 e. The molecule has 2 aromatic rings. The number of hydrogen-bond acceptors (Lipinski definition) is 2. The number of aromatic nitrogens is 1. The van der Waals surface area contributed by atoms with Gasteiger partial charge in [-0.25, -0.2) is 0 Å². The van der Waals surface area contributed by atoms with Gasteiger partial charge in [0.2, 0.25) is 5.91 Å². The van der Waals surface area contributed by atoms with Crippen LogP contribution in [-0.4, -0.2) is 39.9 Å². The van der Waals surface area contributed by atoms with E-state index in [1.807, 2.05) is 53.0 Å². The maximum absolute atomic E-state index is 12.7. The zero-order valence-corrected chi connectivity index (χ0v) is 14.4. The van der Waals surface area contributed by atoms with Crippen molar-refractivity contribution in [3.05, 3.63) is 59.9 Å². The molecular formula is C20H23N3O2. The SMILES string of the molecule is Cn1cccc1C(=O)N1CCC2(CC1)NC(=O)CC2c1ccccc1. The van der Waals surface area contributed by atoms with Crippen LogP contribution in [0.2, 0.25) is 0 Å². The van der Waals surface area contributed by atoms with Crippen molar-refractivity contribution in [3.8, 4) is 0 Å². The van der Waals surface area contributed by atoms with E-state index >= 15 is 0 Å². The van der Waals surface area contributed by atoms with Crippen LogP contribution in [0.3, 0.4) is 0 Å². The van der Waals surface area contributed by atoms with Gasteiger partial charge in [-0.1, -0.05) is 30.3 Å². The summed E-state index contributed by atoms with van der Waals surface area (Å²) >= 11 is 0. The second-order valence-electron chi connectivity index (χ2n) is 7.17. The van der Waals surface area contributed by atoms with E-state index in [9.17, 15) is 9.59 Å². The Morgan fingerprint density at radius 3 is 2.48 bits per heavy atom. The third kappa shape index (κ3) is 2.73. The van der Waals surface area contributed by atoms with Gasteiger partial charge < -0.3 is 14.8 Å². The van der Waals surface area contributed by atoms with Crippen molar-refractivity contribution in [3.63, 3.8) is 0 Å². The summed E-state index contributed by atoms with van der Waals surface area (Å²) in [6.45, 7) is 1.35. The highest BCUT2D eigenvalue weighted by molar-refractivity contribution is 5.93. The average Bonchev–Trinajstić information content (AvgIpc) is 3.19. The standard InChI is InChI=1S/C20H23N3O2/c1-22-11-5-8-17(22)19(25)23-12-9-20(10-13-23)16(14-18(24)21-20)15-6-3-2-4-7-15/h2-8,11,16H,9-10,12-14H2,1H3,(H,21,24). The van der Waals surface area contributed by atoms with E-state index in [4.69, 9.17) is 0 Å². The maximum atomic E-state index is 12.7. The summed E-state index contributed by atoms with van der Waals surface area (Å²) in [5, 5.41) is 3.24. The molecule has 130 valence electrons. The zero-order valence-electron chi connectivity index (χ0n) is 14.4. The van der Waals surface area contributed by atoms with Gasteiger partial charge in [-0.2, -0.15) is 0 Å². The number of benzene rings is 1. The maximum Gasteiger partial charge on any atom is 0.270 e. The van der Waals surface area contributed by atoms with Gasteiger partial charge in [-0.05, 0) is 30.5 Å². The summed E-state index contributed by atoms with van der Waals surface area (Å²) in [5.41, 5.74) is 1.71. The number of nitrogens with zero attached hydrogens (tertiary/aromatic N) is 2.